The van der Waals surface area contributed by atoms with E-state index in [1.807, 2.05) is 44.2 Å². The van der Waals surface area contributed by atoms with Crippen LogP contribution in [0.15, 0.2) is 41.2 Å². The van der Waals surface area contributed by atoms with E-state index in [0.29, 0.717) is 0 Å². The first-order chi connectivity index (χ1) is 11.5. The standard InChI is InChI=1S/C19H25N3O2/c1-4-9-16(5-2)20-18(23)13-22-19(24)12-17(14(3)21-22)15-10-7-6-8-11-15/h6-8,10-12,16H,4-5,9,13H2,1-3H3,(H,20,23)/t16-/m1/s1. The third-order valence-corrected chi connectivity index (χ3v) is 4.06. The first-order valence-electron chi connectivity index (χ1n) is 8.48. The number of hydrogen-bond donors (Lipinski definition) is 1. The number of carbonyl (C=O) groups is 1. The van der Waals surface area contributed by atoms with E-state index in [0.717, 1.165) is 36.1 Å². The molecular weight excluding hydrogens is 302 g/mol. The Morgan fingerprint density at radius 3 is 2.58 bits per heavy atom. The molecule has 0 aliphatic rings. The summed E-state index contributed by atoms with van der Waals surface area (Å²) in [6, 6.07) is 11.4. The van der Waals surface area contributed by atoms with E-state index in [2.05, 4.69) is 17.3 Å². The van der Waals surface area contributed by atoms with E-state index in [1.54, 1.807) is 6.07 Å². The van der Waals surface area contributed by atoms with Gasteiger partial charge in [0.25, 0.3) is 5.56 Å². The van der Waals surface area contributed by atoms with Crippen molar-refractivity contribution < 1.29 is 4.79 Å². The van der Waals surface area contributed by atoms with E-state index >= 15 is 0 Å². The Bertz CT molecular complexity index is 738. The molecule has 2 rings (SSSR count). The van der Waals surface area contributed by atoms with E-state index in [-0.39, 0.29) is 24.1 Å². The first kappa shape index (κ1) is 17.9. The monoisotopic (exact) mass is 327 g/mol. The maximum atomic E-state index is 12.3. The zero-order valence-electron chi connectivity index (χ0n) is 14.6. The quantitative estimate of drug-likeness (QED) is 0.850. The van der Waals surface area contributed by atoms with Gasteiger partial charge in [-0.1, -0.05) is 50.6 Å². The average Bonchev–Trinajstić information content (AvgIpc) is 2.58. The lowest BCUT2D eigenvalue weighted by Gasteiger charge is -2.16. The molecule has 0 radical (unpaired) electrons. The van der Waals surface area contributed by atoms with Crippen molar-refractivity contribution in [1.82, 2.24) is 15.1 Å². The molecule has 5 nitrogen and oxygen atoms in total. The van der Waals surface area contributed by atoms with Crippen molar-refractivity contribution in [2.45, 2.75) is 52.6 Å². The summed E-state index contributed by atoms with van der Waals surface area (Å²) >= 11 is 0. The van der Waals surface area contributed by atoms with Gasteiger partial charge < -0.3 is 5.32 Å². The van der Waals surface area contributed by atoms with Crippen molar-refractivity contribution in [3.8, 4) is 11.1 Å². The van der Waals surface area contributed by atoms with Gasteiger partial charge in [-0.05, 0) is 25.3 Å². The summed E-state index contributed by atoms with van der Waals surface area (Å²) in [4.78, 5) is 24.5. The van der Waals surface area contributed by atoms with Crippen LogP contribution in [-0.4, -0.2) is 21.7 Å². The number of nitrogens with one attached hydrogen (secondary N) is 1. The Balaban J connectivity index is 2.16. The van der Waals surface area contributed by atoms with E-state index in [9.17, 15) is 9.59 Å². The number of aromatic nitrogens is 2. The minimum atomic E-state index is -0.266. The highest BCUT2D eigenvalue weighted by Crippen LogP contribution is 2.19. The number of benzene rings is 1. The number of nitrogens with zero attached hydrogens (tertiary/aromatic N) is 2. The molecule has 0 saturated heterocycles. The fourth-order valence-corrected chi connectivity index (χ4v) is 2.75. The molecule has 1 aromatic heterocycles. The number of amides is 1. The van der Waals surface area contributed by atoms with Crippen molar-refractivity contribution in [2.75, 3.05) is 0 Å². The molecule has 2 aromatic rings. The maximum Gasteiger partial charge on any atom is 0.267 e. The van der Waals surface area contributed by atoms with E-state index < -0.39 is 0 Å². The fourth-order valence-electron chi connectivity index (χ4n) is 2.75. The van der Waals surface area contributed by atoms with Crippen molar-refractivity contribution in [1.29, 1.82) is 0 Å². The topological polar surface area (TPSA) is 64.0 Å². The molecule has 0 aliphatic heterocycles. The second-order valence-electron chi connectivity index (χ2n) is 5.97. The zero-order chi connectivity index (χ0) is 17.5. The van der Waals surface area contributed by atoms with Gasteiger partial charge in [0.1, 0.15) is 6.54 Å². The fraction of sp³-hybridized carbons (Fsp3) is 0.421. The molecule has 0 saturated carbocycles. The molecule has 1 aromatic carbocycles. The molecule has 1 N–H and O–H groups in total. The third kappa shape index (κ3) is 4.54. The maximum absolute atomic E-state index is 12.3. The first-order valence-corrected chi connectivity index (χ1v) is 8.48. The minimum Gasteiger partial charge on any atom is -0.352 e. The lowest BCUT2D eigenvalue weighted by atomic mass is 10.1. The van der Waals surface area contributed by atoms with Gasteiger partial charge in [0, 0.05) is 17.7 Å². The largest absolute Gasteiger partial charge is 0.352 e. The Labute approximate surface area is 142 Å². The molecule has 0 aliphatic carbocycles. The normalized spacial score (nSPS) is 12.0. The lowest BCUT2D eigenvalue weighted by molar-refractivity contribution is -0.122. The number of hydrogen-bond acceptors (Lipinski definition) is 3. The molecule has 1 heterocycles. The van der Waals surface area contributed by atoms with Gasteiger partial charge >= 0.3 is 0 Å². The molecule has 128 valence electrons. The number of rotatable bonds is 7. The second kappa shape index (κ2) is 8.43. The molecular formula is C19H25N3O2. The summed E-state index contributed by atoms with van der Waals surface area (Å²) in [5.41, 5.74) is 2.22. The van der Waals surface area contributed by atoms with Gasteiger partial charge in [0.15, 0.2) is 0 Å². The summed E-state index contributed by atoms with van der Waals surface area (Å²) in [7, 11) is 0. The summed E-state index contributed by atoms with van der Waals surface area (Å²) < 4.78 is 1.23. The molecule has 0 fully saturated rings. The van der Waals surface area contributed by atoms with Gasteiger partial charge in [-0.25, -0.2) is 4.68 Å². The predicted octanol–water partition coefficient (Wildman–Crippen LogP) is 2.91. The van der Waals surface area contributed by atoms with E-state index in [4.69, 9.17) is 0 Å². The highest BCUT2D eigenvalue weighted by Gasteiger charge is 2.13. The second-order valence-corrected chi connectivity index (χ2v) is 5.97. The van der Waals surface area contributed by atoms with Crippen molar-refractivity contribution in [2.24, 2.45) is 0 Å². The van der Waals surface area contributed by atoms with E-state index in [1.165, 1.54) is 4.68 Å². The van der Waals surface area contributed by atoms with Crippen molar-refractivity contribution in [3.05, 3.63) is 52.4 Å². The van der Waals surface area contributed by atoms with Crippen LogP contribution in [0.5, 0.6) is 0 Å². The van der Waals surface area contributed by atoms with Crippen LogP contribution in [0.4, 0.5) is 0 Å². The van der Waals surface area contributed by atoms with Gasteiger partial charge in [-0.2, -0.15) is 5.10 Å². The van der Waals surface area contributed by atoms with Crippen LogP contribution < -0.4 is 10.9 Å². The van der Waals surface area contributed by atoms with Crippen molar-refractivity contribution >= 4 is 5.91 Å². The Morgan fingerprint density at radius 1 is 1.25 bits per heavy atom. The SMILES string of the molecule is CCC[C@@H](CC)NC(=O)Cn1nc(C)c(-c2ccccc2)cc1=O. The molecule has 0 unspecified atom stereocenters. The summed E-state index contributed by atoms with van der Waals surface area (Å²) in [5.74, 6) is -0.170. The predicted molar refractivity (Wildman–Crippen MR) is 95.8 cm³/mol. The lowest BCUT2D eigenvalue weighted by Crippen LogP contribution is -2.39. The minimum absolute atomic E-state index is 0.0467. The van der Waals surface area contributed by atoms with Crippen LogP contribution >= 0.6 is 0 Å². The number of aryl methyl sites for hydroxylation is 1. The smallest absolute Gasteiger partial charge is 0.267 e. The zero-order valence-corrected chi connectivity index (χ0v) is 14.6. The van der Waals surface area contributed by atoms with Crippen LogP contribution in [0.25, 0.3) is 11.1 Å². The van der Waals surface area contributed by atoms with Gasteiger partial charge in [-0.3, -0.25) is 9.59 Å². The third-order valence-electron chi connectivity index (χ3n) is 4.06. The van der Waals surface area contributed by atoms with Crippen LogP contribution in [0.2, 0.25) is 0 Å². The Morgan fingerprint density at radius 2 is 1.96 bits per heavy atom. The summed E-state index contributed by atoms with van der Waals surface area (Å²) in [6.45, 7) is 5.94. The average molecular weight is 327 g/mol. The van der Waals surface area contributed by atoms with Gasteiger partial charge in [0.05, 0.1) is 5.69 Å². The molecule has 1 amide bonds. The Hall–Kier alpha value is -2.43. The van der Waals surface area contributed by atoms with Gasteiger partial charge in [-0.15, -0.1) is 0 Å². The summed E-state index contributed by atoms with van der Waals surface area (Å²) in [5, 5.41) is 7.28. The number of carbonyl (C=O) groups excluding carboxylic acids is 1. The molecule has 5 heteroatoms. The molecule has 0 bridgehead atoms. The summed E-state index contributed by atoms with van der Waals surface area (Å²) in [6.07, 6.45) is 2.84. The van der Waals surface area contributed by atoms with Crippen LogP contribution in [0, 0.1) is 6.92 Å². The highest BCUT2D eigenvalue weighted by molar-refractivity contribution is 5.76. The molecule has 0 spiro atoms. The van der Waals surface area contributed by atoms with Crippen LogP contribution in [-0.2, 0) is 11.3 Å². The molecule has 24 heavy (non-hydrogen) atoms. The molecule has 1 atom stereocenters. The van der Waals surface area contributed by atoms with Crippen molar-refractivity contribution in [3.63, 3.8) is 0 Å². The van der Waals surface area contributed by atoms with Crippen LogP contribution in [0.3, 0.4) is 0 Å². The Kier molecular flexibility index (Phi) is 6.29. The van der Waals surface area contributed by atoms with Gasteiger partial charge in [0.2, 0.25) is 5.91 Å². The highest BCUT2D eigenvalue weighted by atomic mass is 16.2. The van der Waals surface area contributed by atoms with Crippen LogP contribution in [0.1, 0.15) is 38.8 Å².